The Morgan fingerprint density at radius 3 is 2.71 bits per heavy atom. The summed E-state index contributed by atoms with van der Waals surface area (Å²) in [7, 11) is 3.71. The molecule has 5 heteroatoms. The first-order chi connectivity index (χ1) is 8.02. The molecule has 0 aromatic heterocycles. The van der Waals surface area contributed by atoms with Gasteiger partial charge in [-0.25, -0.2) is 0 Å². The van der Waals surface area contributed by atoms with Gasteiger partial charge in [0.1, 0.15) is 0 Å². The van der Waals surface area contributed by atoms with Gasteiger partial charge in [-0.3, -0.25) is 9.69 Å². The Balaban J connectivity index is 2.58. The molecule has 17 heavy (non-hydrogen) atoms. The topological polar surface area (TPSA) is 53.0 Å². The lowest BCUT2D eigenvalue weighted by Crippen LogP contribution is -2.41. The molecule has 5 nitrogen and oxygen atoms in total. The van der Waals surface area contributed by atoms with E-state index in [1.165, 1.54) is 0 Å². The van der Waals surface area contributed by atoms with Gasteiger partial charge in [-0.15, -0.1) is 0 Å². The molecular weight excluding hydrogens is 220 g/mol. The lowest BCUT2D eigenvalue weighted by molar-refractivity contribution is -0.138. The van der Waals surface area contributed by atoms with E-state index in [-0.39, 0.29) is 12.5 Å². The van der Waals surface area contributed by atoms with Gasteiger partial charge in [0.2, 0.25) is 0 Å². The zero-order chi connectivity index (χ0) is 12.8. The number of hydrogen-bond donors (Lipinski definition) is 1. The molecule has 0 aromatic rings. The second-order valence-corrected chi connectivity index (χ2v) is 5.05. The molecule has 1 rings (SSSR count). The van der Waals surface area contributed by atoms with E-state index < -0.39 is 5.97 Å². The van der Waals surface area contributed by atoms with Crippen LogP contribution in [0.25, 0.3) is 0 Å². The number of ether oxygens (including phenoxy) is 1. The SMILES string of the molecule is COCCN1CC(C)CN(C)C(CC(=O)O)C1. The summed E-state index contributed by atoms with van der Waals surface area (Å²) in [5, 5.41) is 8.93. The summed E-state index contributed by atoms with van der Waals surface area (Å²) in [6, 6.07) is 0.106. The van der Waals surface area contributed by atoms with Gasteiger partial charge in [-0.2, -0.15) is 0 Å². The fourth-order valence-corrected chi connectivity index (χ4v) is 2.48. The van der Waals surface area contributed by atoms with Gasteiger partial charge in [0.05, 0.1) is 13.0 Å². The number of methoxy groups -OCH3 is 1. The minimum absolute atomic E-state index is 0.106. The van der Waals surface area contributed by atoms with E-state index in [2.05, 4.69) is 16.7 Å². The molecule has 2 unspecified atom stereocenters. The highest BCUT2D eigenvalue weighted by atomic mass is 16.5. The van der Waals surface area contributed by atoms with Crippen molar-refractivity contribution in [1.82, 2.24) is 9.80 Å². The van der Waals surface area contributed by atoms with Crippen molar-refractivity contribution in [3.8, 4) is 0 Å². The van der Waals surface area contributed by atoms with E-state index >= 15 is 0 Å². The van der Waals surface area contributed by atoms with Gasteiger partial charge in [-0.1, -0.05) is 6.92 Å². The van der Waals surface area contributed by atoms with Crippen molar-refractivity contribution in [3.63, 3.8) is 0 Å². The van der Waals surface area contributed by atoms with Crippen LogP contribution in [0, 0.1) is 5.92 Å². The summed E-state index contributed by atoms with van der Waals surface area (Å²) in [6.07, 6.45) is 0.215. The molecule has 100 valence electrons. The smallest absolute Gasteiger partial charge is 0.304 e. The van der Waals surface area contributed by atoms with Crippen molar-refractivity contribution in [2.24, 2.45) is 5.92 Å². The van der Waals surface area contributed by atoms with E-state index in [0.29, 0.717) is 12.5 Å². The number of carboxylic acid groups (broad SMARTS) is 1. The van der Waals surface area contributed by atoms with Crippen LogP contribution in [-0.4, -0.2) is 73.9 Å². The predicted octanol–water partition coefficient (Wildman–Crippen LogP) is 0.360. The minimum Gasteiger partial charge on any atom is -0.481 e. The van der Waals surface area contributed by atoms with Gasteiger partial charge in [0.25, 0.3) is 0 Å². The molecule has 1 N–H and O–H groups in total. The maximum Gasteiger partial charge on any atom is 0.304 e. The number of carbonyl (C=O) groups is 1. The van der Waals surface area contributed by atoms with Gasteiger partial charge in [0.15, 0.2) is 0 Å². The third-order valence-corrected chi connectivity index (χ3v) is 3.28. The third kappa shape index (κ3) is 5.02. The Morgan fingerprint density at radius 2 is 2.12 bits per heavy atom. The molecule has 0 spiro atoms. The fraction of sp³-hybridized carbons (Fsp3) is 0.917. The Kier molecular flexibility index (Phi) is 5.88. The van der Waals surface area contributed by atoms with Crippen LogP contribution in [0.1, 0.15) is 13.3 Å². The van der Waals surface area contributed by atoms with Crippen molar-refractivity contribution < 1.29 is 14.6 Å². The molecule has 2 atom stereocenters. The molecule has 0 bridgehead atoms. The molecule has 0 aliphatic carbocycles. The predicted molar refractivity (Wildman–Crippen MR) is 66.2 cm³/mol. The Bertz CT molecular complexity index is 248. The van der Waals surface area contributed by atoms with Gasteiger partial charge in [0, 0.05) is 39.3 Å². The van der Waals surface area contributed by atoms with Gasteiger partial charge >= 0.3 is 5.97 Å². The molecule has 1 aliphatic rings. The van der Waals surface area contributed by atoms with E-state index in [4.69, 9.17) is 9.84 Å². The second kappa shape index (κ2) is 6.93. The normalized spacial score (nSPS) is 27.9. The molecule has 0 saturated carbocycles. The van der Waals surface area contributed by atoms with Crippen LogP contribution in [0.3, 0.4) is 0 Å². The standard InChI is InChI=1S/C12H24N2O3/c1-10-7-13(2)11(6-12(15)16)9-14(8-10)4-5-17-3/h10-11H,4-9H2,1-3H3,(H,15,16). The zero-order valence-electron chi connectivity index (χ0n) is 11.1. The number of likely N-dealkylation sites (N-methyl/N-ethyl adjacent to an activating group) is 1. The Labute approximate surface area is 103 Å². The quantitative estimate of drug-likeness (QED) is 0.757. The summed E-state index contributed by atoms with van der Waals surface area (Å²) in [5.41, 5.74) is 0. The summed E-state index contributed by atoms with van der Waals surface area (Å²) in [5.74, 6) is -0.154. The van der Waals surface area contributed by atoms with Crippen LogP contribution in [-0.2, 0) is 9.53 Å². The number of nitrogens with zero attached hydrogens (tertiary/aromatic N) is 2. The zero-order valence-corrected chi connectivity index (χ0v) is 11.1. The maximum absolute atomic E-state index is 10.9. The lowest BCUT2D eigenvalue weighted by atomic mass is 10.1. The highest BCUT2D eigenvalue weighted by molar-refractivity contribution is 5.67. The van der Waals surface area contributed by atoms with Crippen LogP contribution in [0.2, 0.25) is 0 Å². The Hall–Kier alpha value is -0.650. The summed E-state index contributed by atoms with van der Waals surface area (Å²) in [6.45, 7) is 6.59. The minimum atomic E-state index is -0.719. The average Bonchev–Trinajstić information content (AvgIpc) is 2.35. The number of hydrogen-bond acceptors (Lipinski definition) is 4. The highest BCUT2D eigenvalue weighted by Crippen LogP contribution is 2.14. The molecule has 1 heterocycles. The first-order valence-corrected chi connectivity index (χ1v) is 6.16. The van der Waals surface area contributed by atoms with E-state index in [1.54, 1.807) is 7.11 Å². The Morgan fingerprint density at radius 1 is 1.41 bits per heavy atom. The first kappa shape index (κ1) is 14.4. The van der Waals surface area contributed by atoms with Gasteiger partial charge < -0.3 is 14.7 Å². The molecular formula is C12H24N2O3. The summed E-state index contributed by atoms with van der Waals surface area (Å²) in [4.78, 5) is 15.3. The lowest BCUT2D eigenvalue weighted by Gasteiger charge is -2.27. The molecule has 1 saturated heterocycles. The number of aliphatic carboxylic acids is 1. The molecule has 1 aliphatic heterocycles. The second-order valence-electron chi connectivity index (χ2n) is 5.05. The third-order valence-electron chi connectivity index (χ3n) is 3.28. The molecule has 0 aromatic carbocycles. The van der Waals surface area contributed by atoms with Crippen molar-refractivity contribution in [2.75, 3.05) is 46.9 Å². The van der Waals surface area contributed by atoms with Crippen LogP contribution >= 0.6 is 0 Å². The van der Waals surface area contributed by atoms with Crippen LogP contribution < -0.4 is 0 Å². The first-order valence-electron chi connectivity index (χ1n) is 6.16. The van der Waals surface area contributed by atoms with Crippen molar-refractivity contribution in [3.05, 3.63) is 0 Å². The van der Waals surface area contributed by atoms with Crippen molar-refractivity contribution >= 4 is 5.97 Å². The van der Waals surface area contributed by atoms with E-state index in [9.17, 15) is 4.79 Å². The largest absolute Gasteiger partial charge is 0.481 e. The highest BCUT2D eigenvalue weighted by Gasteiger charge is 2.27. The van der Waals surface area contributed by atoms with Crippen LogP contribution in [0.5, 0.6) is 0 Å². The van der Waals surface area contributed by atoms with Gasteiger partial charge in [-0.05, 0) is 13.0 Å². The van der Waals surface area contributed by atoms with E-state index in [1.807, 2.05) is 7.05 Å². The molecule has 0 amide bonds. The average molecular weight is 244 g/mol. The fourth-order valence-electron chi connectivity index (χ4n) is 2.48. The summed E-state index contributed by atoms with van der Waals surface area (Å²) < 4.78 is 5.09. The van der Waals surface area contributed by atoms with Crippen LogP contribution in [0.4, 0.5) is 0 Å². The number of carboxylic acids is 1. The summed E-state index contributed by atoms with van der Waals surface area (Å²) >= 11 is 0. The maximum atomic E-state index is 10.9. The van der Waals surface area contributed by atoms with Crippen LogP contribution in [0.15, 0.2) is 0 Å². The van der Waals surface area contributed by atoms with E-state index in [0.717, 1.165) is 26.2 Å². The van der Waals surface area contributed by atoms with Crippen molar-refractivity contribution in [2.45, 2.75) is 19.4 Å². The number of rotatable bonds is 5. The molecule has 1 fully saturated rings. The monoisotopic (exact) mass is 244 g/mol. The molecule has 0 radical (unpaired) electrons. The van der Waals surface area contributed by atoms with Crippen molar-refractivity contribution in [1.29, 1.82) is 0 Å².